The molecule has 1 atom stereocenters. The number of hydrogen-bond donors (Lipinski definition) is 1. The predicted molar refractivity (Wildman–Crippen MR) is 117 cm³/mol. The van der Waals surface area contributed by atoms with Gasteiger partial charge < -0.3 is 15.1 Å². The number of nitrogens with two attached hydrogens (primary N) is 1. The van der Waals surface area contributed by atoms with Gasteiger partial charge in [-0.2, -0.15) is 15.0 Å². The average molecular weight is 424 g/mol. The van der Waals surface area contributed by atoms with Crippen LogP contribution in [0, 0.1) is 0 Å². The molecule has 0 aliphatic rings. The number of nitrogen functional groups attached to an aromatic ring is 1. The van der Waals surface area contributed by atoms with Crippen LogP contribution in [-0.2, 0) is 6.54 Å². The number of anilines is 2. The topological polar surface area (TPSA) is 116 Å². The zero-order chi connectivity index (χ0) is 21.3. The summed E-state index contributed by atoms with van der Waals surface area (Å²) in [6, 6.07) is 10.9. The van der Waals surface area contributed by atoms with Crippen molar-refractivity contribution in [1.29, 1.82) is 0 Å². The number of para-hydroxylation sites is 1. The first-order valence-corrected chi connectivity index (χ1v) is 10.2. The number of furan rings is 1. The third kappa shape index (κ3) is 3.99. The predicted octanol–water partition coefficient (Wildman–Crippen LogP) is 2.72. The second kappa shape index (κ2) is 8.15. The first kappa shape index (κ1) is 19.9. The van der Waals surface area contributed by atoms with Gasteiger partial charge in [0.05, 0.1) is 29.0 Å². The van der Waals surface area contributed by atoms with E-state index in [-0.39, 0.29) is 23.3 Å². The number of thioether (sulfide) groups is 1. The van der Waals surface area contributed by atoms with Crippen LogP contribution in [0.25, 0.3) is 10.9 Å². The maximum Gasteiger partial charge on any atom is 0.262 e. The van der Waals surface area contributed by atoms with Crippen LogP contribution >= 0.6 is 11.8 Å². The van der Waals surface area contributed by atoms with Gasteiger partial charge in [0.15, 0.2) is 5.16 Å². The van der Waals surface area contributed by atoms with E-state index >= 15 is 0 Å². The Morgan fingerprint density at radius 1 is 1.13 bits per heavy atom. The third-order valence-electron chi connectivity index (χ3n) is 4.42. The van der Waals surface area contributed by atoms with Crippen molar-refractivity contribution in [1.82, 2.24) is 24.5 Å². The molecule has 3 heterocycles. The Morgan fingerprint density at radius 2 is 1.93 bits per heavy atom. The highest BCUT2D eigenvalue weighted by Crippen LogP contribution is 2.33. The molecule has 9 nitrogen and oxygen atoms in total. The fourth-order valence-electron chi connectivity index (χ4n) is 2.93. The summed E-state index contributed by atoms with van der Waals surface area (Å²) in [4.78, 5) is 32.6. The Balaban J connectivity index is 1.77. The molecular weight excluding hydrogens is 402 g/mol. The lowest BCUT2D eigenvalue weighted by Crippen LogP contribution is -2.24. The molecule has 0 radical (unpaired) electrons. The zero-order valence-electron chi connectivity index (χ0n) is 16.8. The summed E-state index contributed by atoms with van der Waals surface area (Å²) in [6.45, 7) is 2.22. The van der Waals surface area contributed by atoms with Crippen LogP contribution in [0.4, 0.5) is 11.9 Å². The monoisotopic (exact) mass is 423 g/mol. The van der Waals surface area contributed by atoms with E-state index in [0.717, 1.165) is 0 Å². The maximum atomic E-state index is 13.2. The molecule has 1 aromatic carbocycles. The minimum atomic E-state index is -0.218. The van der Waals surface area contributed by atoms with Gasteiger partial charge in [0.1, 0.15) is 11.6 Å². The molecular formula is C20H21N7O2S. The molecule has 0 amide bonds. The number of aromatic nitrogens is 5. The maximum absolute atomic E-state index is 13.2. The Morgan fingerprint density at radius 3 is 2.67 bits per heavy atom. The van der Waals surface area contributed by atoms with Crippen LogP contribution in [0.1, 0.15) is 23.8 Å². The number of fused-ring (bicyclic) bond motifs is 1. The zero-order valence-corrected chi connectivity index (χ0v) is 17.6. The molecule has 10 heteroatoms. The number of rotatable bonds is 6. The number of nitrogens with zero attached hydrogens (tertiary/aromatic N) is 6. The largest absolute Gasteiger partial charge is 0.467 e. The lowest BCUT2D eigenvalue weighted by Gasteiger charge is -2.17. The molecule has 0 aliphatic carbocycles. The van der Waals surface area contributed by atoms with Gasteiger partial charge in [0.25, 0.3) is 5.56 Å². The van der Waals surface area contributed by atoms with Crippen molar-refractivity contribution in [3.8, 4) is 0 Å². The number of hydrogen-bond acceptors (Lipinski definition) is 9. The summed E-state index contributed by atoms with van der Waals surface area (Å²) in [5.74, 6) is 1.81. The average Bonchev–Trinajstić information content (AvgIpc) is 3.23. The molecule has 2 N–H and O–H groups in total. The van der Waals surface area contributed by atoms with Crippen molar-refractivity contribution in [2.75, 3.05) is 24.7 Å². The van der Waals surface area contributed by atoms with E-state index in [1.807, 2.05) is 45.3 Å². The first-order chi connectivity index (χ1) is 14.4. The summed E-state index contributed by atoms with van der Waals surface area (Å²) >= 11 is 1.39. The van der Waals surface area contributed by atoms with Crippen molar-refractivity contribution in [3.05, 3.63) is 64.6 Å². The van der Waals surface area contributed by atoms with E-state index in [2.05, 4.69) is 15.0 Å². The Hall–Kier alpha value is -3.40. The van der Waals surface area contributed by atoms with Crippen LogP contribution in [0.2, 0.25) is 0 Å². The van der Waals surface area contributed by atoms with E-state index in [0.29, 0.717) is 33.6 Å². The van der Waals surface area contributed by atoms with Crippen LogP contribution < -0.4 is 16.2 Å². The molecule has 4 aromatic rings. The molecule has 30 heavy (non-hydrogen) atoms. The minimum absolute atomic E-state index is 0.129. The van der Waals surface area contributed by atoms with Gasteiger partial charge >= 0.3 is 0 Å². The van der Waals surface area contributed by atoms with Gasteiger partial charge in [-0.05, 0) is 31.2 Å². The first-order valence-electron chi connectivity index (χ1n) is 9.30. The van der Waals surface area contributed by atoms with E-state index < -0.39 is 0 Å². The molecule has 0 saturated carbocycles. The molecule has 0 bridgehead atoms. The van der Waals surface area contributed by atoms with Crippen molar-refractivity contribution in [2.45, 2.75) is 23.9 Å². The summed E-state index contributed by atoms with van der Waals surface area (Å²) < 4.78 is 7.07. The fraction of sp³-hybridized carbons (Fsp3) is 0.250. The van der Waals surface area contributed by atoms with Gasteiger partial charge in [-0.3, -0.25) is 9.36 Å². The van der Waals surface area contributed by atoms with E-state index in [4.69, 9.17) is 15.1 Å². The molecule has 0 aliphatic heterocycles. The Bertz CT molecular complexity index is 1240. The summed E-state index contributed by atoms with van der Waals surface area (Å²) in [5.41, 5.74) is 6.37. The van der Waals surface area contributed by atoms with Gasteiger partial charge in [-0.15, -0.1) is 0 Å². The summed E-state index contributed by atoms with van der Waals surface area (Å²) in [6.07, 6.45) is 1.58. The standard InChI is InChI=1S/C20H21N7O2S/c1-12(16-23-18(21)25-19(24-16)26(2)3)30-20-22-15-9-5-4-8-14(15)17(28)27(20)11-13-7-6-10-29-13/h4-10,12H,11H2,1-3H3,(H2,21,23,24,25). The van der Waals surface area contributed by atoms with Crippen molar-refractivity contribution in [2.24, 2.45) is 0 Å². The SMILES string of the molecule is CC(Sc1nc2ccccc2c(=O)n1Cc1ccco1)c1nc(N)nc(N(C)C)n1. The molecule has 154 valence electrons. The van der Waals surface area contributed by atoms with Gasteiger partial charge in [-0.1, -0.05) is 23.9 Å². The highest BCUT2D eigenvalue weighted by atomic mass is 32.2. The molecule has 0 spiro atoms. The molecule has 4 rings (SSSR count). The third-order valence-corrected chi connectivity index (χ3v) is 5.51. The quantitative estimate of drug-likeness (QED) is 0.369. The van der Waals surface area contributed by atoms with Gasteiger partial charge in [0, 0.05) is 14.1 Å². The van der Waals surface area contributed by atoms with E-state index in [9.17, 15) is 4.79 Å². The van der Waals surface area contributed by atoms with Crippen LogP contribution in [0.5, 0.6) is 0 Å². The van der Waals surface area contributed by atoms with Crippen molar-refractivity contribution < 1.29 is 4.42 Å². The van der Waals surface area contributed by atoms with Gasteiger partial charge in [0.2, 0.25) is 11.9 Å². The van der Waals surface area contributed by atoms with E-state index in [1.165, 1.54) is 11.8 Å². The van der Waals surface area contributed by atoms with Gasteiger partial charge in [-0.25, -0.2) is 4.98 Å². The second-order valence-electron chi connectivity index (χ2n) is 6.89. The smallest absolute Gasteiger partial charge is 0.262 e. The van der Waals surface area contributed by atoms with Crippen LogP contribution in [0.15, 0.2) is 57.0 Å². The Kier molecular flexibility index (Phi) is 5.40. The molecule has 1 unspecified atom stereocenters. The molecule has 0 saturated heterocycles. The van der Waals surface area contributed by atoms with Crippen LogP contribution in [0.3, 0.4) is 0 Å². The fourth-order valence-corrected chi connectivity index (χ4v) is 3.88. The van der Waals surface area contributed by atoms with Crippen molar-refractivity contribution >= 4 is 34.6 Å². The number of benzene rings is 1. The normalized spacial score (nSPS) is 12.2. The minimum Gasteiger partial charge on any atom is -0.467 e. The van der Waals surface area contributed by atoms with Crippen molar-refractivity contribution in [3.63, 3.8) is 0 Å². The lowest BCUT2D eigenvalue weighted by molar-refractivity contribution is 0.476. The van der Waals surface area contributed by atoms with Crippen LogP contribution in [-0.4, -0.2) is 38.6 Å². The lowest BCUT2D eigenvalue weighted by atomic mass is 10.2. The molecule has 3 aromatic heterocycles. The second-order valence-corrected chi connectivity index (χ2v) is 8.20. The highest BCUT2D eigenvalue weighted by molar-refractivity contribution is 7.99. The Labute approximate surface area is 177 Å². The van der Waals surface area contributed by atoms with E-state index in [1.54, 1.807) is 27.9 Å². The summed E-state index contributed by atoms with van der Waals surface area (Å²) in [5, 5.41) is 0.887. The summed E-state index contributed by atoms with van der Waals surface area (Å²) in [7, 11) is 3.67. The molecule has 0 fully saturated rings. The highest BCUT2D eigenvalue weighted by Gasteiger charge is 2.19.